The summed E-state index contributed by atoms with van der Waals surface area (Å²) in [6.45, 7) is 0. The van der Waals surface area contributed by atoms with E-state index in [1.165, 1.54) is 35.3 Å². The largest absolute Gasteiger partial charge is 0.316 e. The molecule has 0 bridgehead atoms. The molecule has 2 aromatic carbocycles. The van der Waals surface area contributed by atoms with Crippen LogP contribution in [0.1, 0.15) is 10.4 Å². The number of aromatic nitrogens is 2. The first-order chi connectivity index (χ1) is 12.4. The third-order valence-electron chi connectivity index (χ3n) is 3.44. The summed E-state index contributed by atoms with van der Waals surface area (Å²) in [5, 5.41) is 17.9. The predicted molar refractivity (Wildman–Crippen MR) is 94.6 cm³/mol. The first-order valence-corrected chi connectivity index (χ1v) is 7.87. The van der Waals surface area contributed by atoms with E-state index in [4.69, 9.17) is 23.2 Å². The summed E-state index contributed by atoms with van der Waals surface area (Å²) in [6.07, 6.45) is 2.89. The maximum atomic E-state index is 14.2. The third-order valence-corrected chi connectivity index (χ3v) is 4.18. The molecule has 0 aliphatic carbocycles. The standard InChI is InChI=1S/C16H9Cl2FN4O3/c17-10-3-2-9(6-11(10)18)16(24)21-13-8-14(22-5-1-4-20-22)12(19)7-15(13)23(25)26/h1-8H,(H,21,24). The van der Waals surface area contributed by atoms with Crippen LogP contribution < -0.4 is 5.32 Å². The lowest BCUT2D eigenvalue weighted by Crippen LogP contribution is -2.14. The van der Waals surface area contributed by atoms with Crippen LogP contribution in [0.4, 0.5) is 15.8 Å². The van der Waals surface area contributed by atoms with Crippen LogP contribution in [0.15, 0.2) is 48.8 Å². The van der Waals surface area contributed by atoms with Gasteiger partial charge in [0.1, 0.15) is 11.4 Å². The number of amides is 1. The zero-order chi connectivity index (χ0) is 18.8. The van der Waals surface area contributed by atoms with Crippen LogP contribution in [0, 0.1) is 15.9 Å². The summed E-state index contributed by atoms with van der Waals surface area (Å²) in [6, 6.07) is 7.58. The molecule has 0 saturated heterocycles. The molecule has 3 rings (SSSR count). The van der Waals surface area contributed by atoms with Crippen LogP contribution in [0.2, 0.25) is 10.0 Å². The van der Waals surface area contributed by atoms with Crippen molar-refractivity contribution in [3.05, 3.63) is 80.3 Å². The lowest BCUT2D eigenvalue weighted by atomic mass is 10.2. The molecule has 0 aliphatic heterocycles. The Labute approximate surface area is 156 Å². The smallest absolute Gasteiger partial charge is 0.295 e. The lowest BCUT2D eigenvalue weighted by Gasteiger charge is -2.10. The second-order valence-corrected chi connectivity index (χ2v) is 5.93. The third kappa shape index (κ3) is 3.51. The molecule has 1 amide bonds. The van der Waals surface area contributed by atoms with Crippen LogP contribution in [-0.4, -0.2) is 20.6 Å². The molecule has 0 fully saturated rings. The molecule has 1 heterocycles. The molecular weight excluding hydrogens is 386 g/mol. The van der Waals surface area contributed by atoms with Gasteiger partial charge in [0, 0.05) is 18.0 Å². The normalized spacial score (nSPS) is 10.6. The van der Waals surface area contributed by atoms with Crippen molar-refractivity contribution in [1.82, 2.24) is 9.78 Å². The van der Waals surface area contributed by atoms with Gasteiger partial charge in [0.25, 0.3) is 11.6 Å². The Morgan fingerprint density at radius 3 is 2.62 bits per heavy atom. The minimum atomic E-state index is -0.854. The summed E-state index contributed by atoms with van der Waals surface area (Å²) in [7, 11) is 0. The van der Waals surface area contributed by atoms with Crippen molar-refractivity contribution in [2.45, 2.75) is 0 Å². The van der Waals surface area contributed by atoms with Crippen LogP contribution >= 0.6 is 23.2 Å². The second-order valence-electron chi connectivity index (χ2n) is 5.11. The number of nitrogens with one attached hydrogen (secondary N) is 1. The zero-order valence-electron chi connectivity index (χ0n) is 12.8. The maximum Gasteiger partial charge on any atom is 0.295 e. The average Bonchev–Trinajstić information content (AvgIpc) is 3.12. The van der Waals surface area contributed by atoms with E-state index in [1.807, 2.05) is 0 Å². The minimum absolute atomic E-state index is 0.0509. The van der Waals surface area contributed by atoms with E-state index in [2.05, 4.69) is 10.4 Å². The topological polar surface area (TPSA) is 90.1 Å². The number of nitrogens with zero attached hydrogens (tertiary/aromatic N) is 3. The van der Waals surface area contributed by atoms with Crippen molar-refractivity contribution in [3.8, 4) is 5.69 Å². The molecule has 3 aromatic rings. The van der Waals surface area contributed by atoms with Gasteiger partial charge in [-0.05, 0) is 30.3 Å². The van der Waals surface area contributed by atoms with Crippen molar-refractivity contribution < 1.29 is 14.1 Å². The molecule has 0 atom stereocenters. The van der Waals surface area contributed by atoms with Gasteiger partial charge in [-0.25, -0.2) is 9.07 Å². The molecule has 132 valence electrons. The molecule has 1 aromatic heterocycles. The van der Waals surface area contributed by atoms with Gasteiger partial charge < -0.3 is 5.32 Å². The number of carbonyl (C=O) groups excluding carboxylic acids is 1. The fourth-order valence-electron chi connectivity index (χ4n) is 2.22. The number of nitro groups is 1. The molecule has 0 aliphatic rings. The molecule has 0 spiro atoms. The van der Waals surface area contributed by atoms with E-state index < -0.39 is 22.3 Å². The number of nitro benzene ring substituents is 1. The number of hydrogen-bond acceptors (Lipinski definition) is 4. The number of carbonyl (C=O) groups is 1. The summed E-state index contributed by atoms with van der Waals surface area (Å²) >= 11 is 11.7. The first kappa shape index (κ1) is 17.8. The van der Waals surface area contributed by atoms with E-state index in [0.717, 1.165) is 12.1 Å². The van der Waals surface area contributed by atoms with E-state index in [-0.39, 0.29) is 27.0 Å². The van der Waals surface area contributed by atoms with E-state index >= 15 is 0 Å². The monoisotopic (exact) mass is 394 g/mol. The highest BCUT2D eigenvalue weighted by molar-refractivity contribution is 6.42. The first-order valence-electron chi connectivity index (χ1n) is 7.11. The van der Waals surface area contributed by atoms with Gasteiger partial charge in [-0.2, -0.15) is 5.10 Å². The number of hydrogen-bond donors (Lipinski definition) is 1. The number of halogens is 3. The molecule has 0 saturated carbocycles. The van der Waals surface area contributed by atoms with Crippen molar-refractivity contribution in [1.29, 1.82) is 0 Å². The van der Waals surface area contributed by atoms with Gasteiger partial charge in [0.2, 0.25) is 0 Å². The Bertz CT molecular complexity index is 1010. The Kier molecular flexibility index (Phi) is 4.88. The van der Waals surface area contributed by atoms with Crippen LogP contribution in [0.3, 0.4) is 0 Å². The Hall–Kier alpha value is -2.97. The number of benzene rings is 2. The minimum Gasteiger partial charge on any atom is -0.316 e. The van der Waals surface area contributed by atoms with Crippen molar-refractivity contribution >= 4 is 40.5 Å². The summed E-state index contributed by atoms with van der Waals surface area (Å²) < 4.78 is 15.4. The molecule has 26 heavy (non-hydrogen) atoms. The Morgan fingerprint density at radius 1 is 1.23 bits per heavy atom. The van der Waals surface area contributed by atoms with Crippen molar-refractivity contribution in [3.63, 3.8) is 0 Å². The van der Waals surface area contributed by atoms with E-state index in [0.29, 0.717) is 0 Å². The number of rotatable bonds is 4. The summed E-state index contributed by atoms with van der Waals surface area (Å²) in [5.74, 6) is -1.52. The average molecular weight is 395 g/mol. The highest BCUT2D eigenvalue weighted by Crippen LogP contribution is 2.30. The predicted octanol–water partition coefficient (Wildman–Crippen LogP) is 4.48. The van der Waals surface area contributed by atoms with Gasteiger partial charge in [0.05, 0.1) is 21.0 Å². The summed E-state index contributed by atoms with van der Waals surface area (Å²) in [5.41, 5.74) is -0.687. The SMILES string of the molecule is O=C(Nc1cc(-n2cccn2)c(F)cc1[N+](=O)[O-])c1ccc(Cl)c(Cl)c1. The highest BCUT2D eigenvalue weighted by Gasteiger charge is 2.22. The molecule has 1 N–H and O–H groups in total. The second kappa shape index (κ2) is 7.11. The number of anilines is 1. The molecular formula is C16H9Cl2FN4O3. The quantitative estimate of drug-likeness (QED) is 0.521. The highest BCUT2D eigenvalue weighted by atomic mass is 35.5. The zero-order valence-corrected chi connectivity index (χ0v) is 14.3. The molecule has 7 nitrogen and oxygen atoms in total. The van der Waals surface area contributed by atoms with Crippen LogP contribution in [0.5, 0.6) is 0 Å². The summed E-state index contributed by atoms with van der Waals surface area (Å²) in [4.78, 5) is 22.8. The molecule has 10 heteroatoms. The van der Waals surface area contributed by atoms with E-state index in [1.54, 1.807) is 6.07 Å². The van der Waals surface area contributed by atoms with Crippen molar-refractivity contribution in [2.75, 3.05) is 5.32 Å². The fourth-order valence-corrected chi connectivity index (χ4v) is 2.52. The van der Waals surface area contributed by atoms with Gasteiger partial charge >= 0.3 is 0 Å². The van der Waals surface area contributed by atoms with Gasteiger partial charge in [-0.1, -0.05) is 23.2 Å². The van der Waals surface area contributed by atoms with Crippen molar-refractivity contribution in [2.24, 2.45) is 0 Å². The van der Waals surface area contributed by atoms with E-state index in [9.17, 15) is 19.3 Å². The molecule has 0 radical (unpaired) electrons. The van der Waals surface area contributed by atoms with Crippen LogP contribution in [-0.2, 0) is 0 Å². The Morgan fingerprint density at radius 2 is 2.00 bits per heavy atom. The van der Waals surface area contributed by atoms with Gasteiger partial charge in [0.15, 0.2) is 5.82 Å². The van der Waals surface area contributed by atoms with Gasteiger partial charge in [-0.15, -0.1) is 0 Å². The van der Waals surface area contributed by atoms with Gasteiger partial charge in [-0.3, -0.25) is 14.9 Å². The Balaban J connectivity index is 2.02. The maximum absolute atomic E-state index is 14.2. The fraction of sp³-hybridized carbons (Fsp3) is 0. The van der Waals surface area contributed by atoms with Crippen LogP contribution in [0.25, 0.3) is 5.69 Å². The lowest BCUT2D eigenvalue weighted by molar-refractivity contribution is -0.384. The molecule has 0 unspecified atom stereocenters.